The lowest BCUT2D eigenvalue weighted by Gasteiger charge is -2.22. The molecule has 1 fully saturated rings. The Bertz CT molecular complexity index is 193. The molecule has 3 unspecified atom stereocenters. The highest BCUT2D eigenvalue weighted by molar-refractivity contribution is 5.10. The number of rotatable bonds is 0. The van der Waals surface area contributed by atoms with Gasteiger partial charge >= 0.3 is 0 Å². The second-order valence-corrected chi connectivity index (χ2v) is 4.35. The van der Waals surface area contributed by atoms with Gasteiger partial charge in [-0.3, -0.25) is 0 Å². The monoisotopic (exact) mass is 152 g/mol. The van der Waals surface area contributed by atoms with Crippen molar-refractivity contribution in [1.29, 1.82) is 0 Å². The number of hydrogen-bond acceptors (Lipinski definition) is 1. The molecule has 2 rings (SSSR count). The lowest BCUT2D eigenvalue weighted by atomic mass is 9.83. The van der Waals surface area contributed by atoms with Crippen molar-refractivity contribution in [2.45, 2.75) is 38.9 Å². The van der Waals surface area contributed by atoms with Crippen LogP contribution in [0.2, 0.25) is 0 Å². The van der Waals surface area contributed by atoms with Gasteiger partial charge in [0.25, 0.3) is 0 Å². The molecule has 0 amide bonds. The summed E-state index contributed by atoms with van der Waals surface area (Å²) in [4.78, 5) is 0. The Morgan fingerprint density at radius 2 is 2.09 bits per heavy atom. The van der Waals surface area contributed by atoms with Crippen LogP contribution in [0.4, 0.5) is 0 Å². The van der Waals surface area contributed by atoms with E-state index in [9.17, 15) is 0 Å². The smallest absolute Gasteiger partial charge is 0.0693 e. The summed E-state index contributed by atoms with van der Waals surface area (Å²) >= 11 is 0. The summed E-state index contributed by atoms with van der Waals surface area (Å²) in [6.07, 6.45) is 6.34. The predicted molar refractivity (Wildman–Crippen MR) is 45.4 cm³/mol. The zero-order valence-electron chi connectivity index (χ0n) is 7.50. The highest BCUT2D eigenvalue weighted by Gasteiger charge is 2.43. The standard InChI is InChI=1S/C10H16O/c1-7-4-5-8-6-9(7)11-10(8,2)3/h4-5,7-9H,6H2,1-3H3. The highest BCUT2D eigenvalue weighted by atomic mass is 16.5. The first-order chi connectivity index (χ1) is 5.09. The Morgan fingerprint density at radius 3 is 2.73 bits per heavy atom. The second kappa shape index (κ2) is 2.10. The van der Waals surface area contributed by atoms with E-state index in [2.05, 4.69) is 32.9 Å². The summed E-state index contributed by atoms with van der Waals surface area (Å²) in [6.45, 7) is 6.62. The van der Waals surface area contributed by atoms with Crippen LogP contribution in [-0.2, 0) is 4.74 Å². The molecule has 62 valence electrons. The van der Waals surface area contributed by atoms with Gasteiger partial charge in [0.1, 0.15) is 0 Å². The minimum Gasteiger partial charge on any atom is -0.371 e. The summed E-state index contributed by atoms with van der Waals surface area (Å²) in [6, 6.07) is 0. The molecule has 2 bridgehead atoms. The first kappa shape index (κ1) is 7.35. The molecule has 1 heteroatoms. The van der Waals surface area contributed by atoms with E-state index in [1.807, 2.05) is 0 Å². The molecule has 0 saturated carbocycles. The summed E-state index contributed by atoms with van der Waals surface area (Å²) in [5.74, 6) is 1.27. The largest absolute Gasteiger partial charge is 0.371 e. The topological polar surface area (TPSA) is 9.23 Å². The predicted octanol–water partition coefficient (Wildman–Crippen LogP) is 2.38. The molecular formula is C10H16O. The Morgan fingerprint density at radius 1 is 1.36 bits per heavy atom. The van der Waals surface area contributed by atoms with Gasteiger partial charge in [0.15, 0.2) is 0 Å². The highest BCUT2D eigenvalue weighted by Crippen LogP contribution is 2.42. The Labute approximate surface area is 68.4 Å². The third kappa shape index (κ3) is 1.02. The molecule has 0 spiro atoms. The minimum atomic E-state index is 0.0892. The molecular weight excluding hydrogens is 136 g/mol. The normalized spacial score (nSPS) is 46.3. The minimum absolute atomic E-state index is 0.0892. The fourth-order valence-electron chi connectivity index (χ4n) is 2.13. The molecule has 2 aliphatic rings. The molecule has 1 saturated heterocycles. The van der Waals surface area contributed by atoms with Crippen LogP contribution in [0.3, 0.4) is 0 Å². The molecule has 0 radical (unpaired) electrons. The van der Waals surface area contributed by atoms with E-state index in [0.717, 1.165) is 0 Å². The summed E-state index contributed by atoms with van der Waals surface area (Å²) in [5.41, 5.74) is 0.0892. The maximum atomic E-state index is 5.92. The van der Waals surface area contributed by atoms with Crippen molar-refractivity contribution in [3.63, 3.8) is 0 Å². The van der Waals surface area contributed by atoms with Crippen molar-refractivity contribution >= 4 is 0 Å². The Balaban J connectivity index is 2.26. The van der Waals surface area contributed by atoms with E-state index in [1.54, 1.807) is 0 Å². The van der Waals surface area contributed by atoms with Crippen molar-refractivity contribution in [2.24, 2.45) is 11.8 Å². The van der Waals surface area contributed by atoms with Gasteiger partial charge in [-0.15, -0.1) is 0 Å². The summed E-state index contributed by atoms with van der Waals surface area (Å²) in [7, 11) is 0. The average molecular weight is 152 g/mol. The molecule has 0 aromatic carbocycles. The van der Waals surface area contributed by atoms with Crippen LogP contribution >= 0.6 is 0 Å². The van der Waals surface area contributed by atoms with E-state index in [0.29, 0.717) is 17.9 Å². The van der Waals surface area contributed by atoms with Gasteiger partial charge in [-0.1, -0.05) is 19.1 Å². The van der Waals surface area contributed by atoms with Gasteiger partial charge in [0.2, 0.25) is 0 Å². The zero-order valence-corrected chi connectivity index (χ0v) is 7.50. The van der Waals surface area contributed by atoms with Crippen LogP contribution < -0.4 is 0 Å². The van der Waals surface area contributed by atoms with Crippen LogP contribution in [0, 0.1) is 11.8 Å². The average Bonchev–Trinajstić information content (AvgIpc) is 2.16. The lowest BCUT2D eigenvalue weighted by molar-refractivity contribution is -0.0338. The van der Waals surface area contributed by atoms with Crippen LogP contribution in [0.15, 0.2) is 12.2 Å². The van der Waals surface area contributed by atoms with Crippen molar-refractivity contribution in [3.05, 3.63) is 12.2 Å². The molecule has 1 heterocycles. The van der Waals surface area contributed by atoms with Crippen LogP contribution in [0.25, 0.3) is 0 Å². The van der Waals surface area contributed by atoms with Crippen molar-refractivity contribution in [1.82, 2.24) is 0 Å². The maximum absolute atomic E-state index is 5.92. The number of fused-ring (bicyclic) bond motifs is 2. The van der Waals surface area contributed by atoms with Gasteiger partial charge in [-0.05, 0) is 20.3 Å². The van der Waals surface area contributed by atoms with Gasteiger partial charge in [0, 0.05) is 11.8 Å². The number of ether oxygens (including phenoxy) is 1. The first-order valence-corrected chi connectivity index (χ1v) is 4.46. The van der Waals surface area contributed by atoms with E-state index in [4.69, 9.17) is 4.74 Å². The van der Waals surface area contributed by atoms with E-state index < -0.39 is 0 Å². The zero-order chi connectivity index (χ0) is 8.06. The quantitative estimate of drug-likeness (QED) is 0.484. The van der Waals surface area contributed by atoms with Crippen molar-refractivity contribution in [2.75, 3.05) is 0 Å². The fraction of sp³-hybridized carbons (Fsp3) is 0.800. The summed E-state index contributed by atoms with van der Waals surface area (Å²) in [5, 5.41) is 0. The van der Waals surface area contributed by atoms with E-state index in [1.165, 1.54) is 6.42 Å². The van der Waals surface area contributed by atoms with Crippen LogP contribution in [0.1, 0.15) is 27.2 Å². The van der Waals surface area contributed by atoms with Gasteiger partial charge in [0.05, 0.1) is 11.7 Å². The maximum Gasteiger partial charge on any atom is 0.0693 e. The molecule has 0 aromatic rings. The molecule has 3 atom stereocenters. The molecule has 1 aliphatic heterocycles. The van der Waals surface area contributed by atoms with E-state index in [-0.39, 0.29) is 5.60 Å². The summed E-state index contributed by atoms with van der Waals surface area (Å²) < 4.78 is 5.92. The van der Waals surface area contributed by atoms with Crippen molar-refractivity contribution < 1.29 is 4.74 Å². The molecule has 11 heavy (non-hydrogen) atoms. The molecule has 1 aliphatic carbocycles. The van der Waals surface area contributed by atoms with Gasteiger partial charge < -0.3 is 4.74 Å². The van der Waals surface area contributed by atoms with Crippen LogP contribution in [-0.4, -0.2) is 11.7 Å². The van der Waals surface area contributed by atoms with E-state index >= 15 is 0 Å². The molecule has 0 aromatic heterocycles. The fourth-order valence-corrected chi connectivity index (χ4v) is 2.13. The first-order valence-electron chi connectivity index (χ1n) is 4.46. The molecule has 1 nitrogen and oxygen atoms in total. The number of hydrogen-bond donors (Lipinski definition) is 0. The van der Waals surface area contributed by atoms with Gasteiger partial charge in [-0.2, -0.15) is 0 Å². The SMILES string of the molecule is CC1C=CC2CC1OC2(C)C. The third-order valence-electron chi connectivity index (χ3n) is 3.07. The lowest BCUT2D eigenvalue weighted by Crippen LogP contribution is -2.25. The van der Waals surface area contributed by atoms with Crippen molar-refractivity contribution in [3.8, 4) is 0 Å². The second-order valence-electron chi connectivity index (χ2n) is 4.35. The third-order valence-corrected chi connectivity index (χ3v) is 3.07. The van der Waals surface area contributed by atoms with Gasteiger partial charge in [-0.25, -0.2) is 0 Å². The molecule has 0 N–H and O–H groups in total. The Kier molecular flexibility index (Phi) is 1.40. The Hall–Kier alpha value is -0.300. The van der Waals surface area contributed by atoms with Crippen LogP contribution in [0.5, 0.6) is 0 Å².